The molecule has 1 radical (unpaired) electrons. The second-order valence-corrected chi connectivity index (χ2v) is 5.43. The zero-order valence-electron chi connectivity index (χ0n) is 12.9. The molecule has 0 saturated heterocycles. The van der Waals surface area contributed by atoms with Crippen molar-refractivity contribution in [3.05, 3.63) is 6.61 Å². The van der Waals surface area contributed by atoms with Gasteiger partial charge in [0.2, 0.25) is 0 Å². The van der Waals surface area contributed by atoms with Crippen molar-refractivity contribution in [3.63, 3.8) is 0 Å². The van der Waals surface area contributed by atoms with E-state index in [9.17, 15) is 0 Å². The number of unbranched alkanes of at least 4 members (excludes halogenated alkanes) is 13. The van der Waals surface area contributed by atoms with Crippen molar-refractivity contribution < 1.29 is 4.74 Å². The quantitative estimate of drug-likeness (QED) is 0.313. The van der Waals surface area contributed by atoms with E-state index in [1.54, 1.807) is 7.11 Å². The van der Waals surface area contributed by atoms with Crippen molar-refractivity contribution >= 4 is 0 Å². The Bertz CT molecular complexity index is 118. The Labute approximate surface area is 116 Å². The van der Waals surface area contributed by atoms with E-state index in [0.29, 0.717) is 0 Å². The number of methoxy groups -OCH3 is 1. The van der Waals surface area contributed by atoms with Gasteiger partial charge in [-0.25, -0.2) is 0 Å². The summed E-state index contributed by atoms with van der Waals surface area (Å²) >= 11 is 0. The van der Waals surface area contributed by atoms with Gasteiger partial charge in [-0.15, -0.1) is 0 Å². The minimum absolute atomic E-state index is 1.12. The first-order valence-electron chi connectivity index (χ1n) is 8.26. The number of rotatable bonds is 15. The monoisotopic (exact) mass is 255 g/mol. The average Bonchev–Trinajstić information content (AvgIpc) is 2.39. The fourth-order valence-electron chi connectivity index (χ4n) is 2.36. The fourth-order valence-corrected chi connectivity index (χ4v) is 2.36. The smallest absolute Gasteiger partial charge is 0.0832 e. The Balaban J connectivity index is 2.86. The van der Waals surface area contributed by atoms with Crippen molar-refractivity contribution in [1.29, 1.82) is 0 Å². The van der Waals surface area contributed by atoms with E-state index in [1.807, 2.05) is 6.61 Å². The van der Waals surface area contributed by atoms with Crippen LogP contribution in [0.5, 0.6) is 0 Å². The molecule has 0 aliphatic heterocycles. The van der Waals surface area contributed by atoms with Gasteiger partial charge < -0.3 is 4.74 Å². The van der Waals surface area contributed by atoms with Gasteiger partial charge in [-0.1, -0.05) is 90.4 Å². The molecule has 0 spiro atoms. The Kier molecular flexibility index (Phi) is 16.9. The third kappa shape index (κ3) is 16.0. The highest BCUT2D eigenvalue weighted by atomic mass is 16.5. The summed E-state index contributed by atoms with van der Waals surface area (Å²) in [5.41, 5.74) is 0. The Morgan fingerprint density at radius 3 is 1.39 bits per heavy atom. The van der Waals surface area contributed by atoms with E-state index in [1.165, 1.54) is 83.5 Å². The van der Waals surface area contributed by atoms with E-state index in [-0.39, 0.29) is 0 Å². The largest absolute Gasteiger partial charge is 0.379 e. The molecule has 0 aromatic carbocycles. The van der Waals surface area contributed by atoms with Crippen molar-refractivity contribution in [2.75, 3.05) is 7.11 Å². The zero-order valence-corrected chi connectivity index (χ0v) is 12.9. The molecule has 0 aliphatic carbocycles. The zero-order chi connectivity index (χ0) is 13.3. The normalized spacial score (nSPS) is 11.0. The van der Waals surface area contributed by atoms with Crippen molar-refractivity contribution in [3.8, 4) is 0 Å². The lowest BCUT2D eigenvalue weighted by molar-refractivity contribution is 0.262. The van der Waals surface area contributed by atoms with Gasteiger partial charge in [0.1, 0.15) is 0 Å². The SMILES string of the molecule is CCCCCCCCCCCCCCC[CH]OC. The Morgan fingerprint density at radius 2 is 1.00 bits per heavy atom. The highest BCUT2D eigenvalue weighted by Gasteiger charge is 1.93. The minimum Gasteiger partial charge on any atom is -0.379 e. The molecule has 0 aliphatic rings. The highest BCUT2D eigenvalue weighted by Crippen LogP contribution is 2.13. The van der Waals surface area contributed by atoms with Gasteiger partial charge in [0, 0.05) is 7.11 Å². The van der Waals surface area contributed by atoms with Crippen LogP contribution in [0.3, 0.4) is 0 Å². The second-order valence-electron chi connectivity index (χ2n) is 5.43. The van der Waals surface area contributed by atoms with Crippen LogP contribution in [0.15, 0.2) is 0 Å². The lowest BCUT2D eigenvalue weighted by Crippen LogP contribution is -1.84. The van der Waals surface area contributed by atoms with Crippen molar-refractivity contribution in [1.82, 2.24) is 0 Å². The van der Waals surface area contributed by atoms with Crippen LogP contribution in [0, 0.1) is 6.61 Å². The lowest BCUT2D eigenvalue weighted by Gasteiger charge is -2.02. The van der Waals surface area contributed by atoms with Crippen LogP contribution in [-0.2, 0) is 4.74 Å². The number of hydrogen-bond acceptors (Lipinski definition) is 1. The first kappa shape index (κ1) is 18.0. The molecule has 18 heavy (non-hydrogen) atoms. The van der Waals surface area contributed by atoms with Crippen LogP contribution in [-0.4, -0.2) is 7.11 Å². The fraction of sp³-hybridized carbons (Fsp3) is 0.941. The molecule has 0 rings (SSSR count). The van der Waals surface area contributed by atoms with Gasteiger partial charge in [0.05, 0.1) is 6.61 Å². The van der Waals surface area contributed by atoms with E-state index >= 15 is 0 Å². The summed E-state index contributed by atoms with van der Waals surface area (Å²) < 4.78 is 4.92. The van der Waals surface area contributed by atoms with Crippen LogP contribution in [0.1, 0.15) is 96.8 Å². The molecule has 109 valence electrons. The van der Waals surface area contributed by atoms with Gasteiger partial charge in [-0.3, -0.25) is 0 Å². The molecule has 0 amide bonds. The van der Waals surface area contributed by atoms with Crippen molar-refractivity contribution in [2.24, 2.45) is 0 Å². The number of ether oxygens (including phenoxy) is 1. The van der Waals surface area contributed by atoms with E-state index in [0.717, 1.165) is 6.42 Å². The molecule has 1 nitrogen and oxygen atoms in total. The predicted molar refractivity (Wildman–Crippen MR) is 81.6 cm³/mol. The van der Waals surface area contributed by atoms with Crippen LogP contribution >= 0.6 is 0 Å². The average molecular weight is 255 g/mol. The third-order valence-electron chi connectivity index (χ3n) is 3.59. The Morgan fingerprint density at radius 1 is 0.611 bits per heavy atom. The molecule has 0 fully saturated rings. The molecular weight excluding hydrogens is 220 g/mol. The molecule has 0 N–H and O–H groups in total. The molecule has 0 saturated carbocycles. The first-order valence-corrected chi connectivity index (χ1v) is 8.26. The van der Waals surface area contributed by atoms with Crippen LogP contribution in [0.2, 0.25) is 0 Å². The van der Waals surface area contributed by atoms with Gasteiger partial charge in [0.25, 0.3) is 0 Å². The van der Waals surface area contributed by atoms with Gasteiger partial charge >= 0.3 is 0 Å². The molecule has 1 heteroatoms. The summed E-state index contributed by atoms with van der Waals surface area (Å²) in [5.74, 6) is 0. The molecule has 0 bridgehead atoms. The van der Waals surface area contributed by atoms with Gasteiger partial charge in [0.15, 0.2) is 0 Å². The first-order chi connectivity index (χ1) is 8.91. The summed E-state index contributed by atoms with van der Waals surface area (Å²) in [4.78, 5) is 0. The van der Waals surface area contributed by atoms with Gasteiger partial charge in [-0.05, 0) is 6.42 Å². The van der Waals surface area contributed by atoms with E-state index in [4.69, 9.17) is 4.74 Å². The number of hydrogen-bond donors (Lipinski definition) is 0. The van der Waals surface area contributed by atoms with Crippen LogP contribution < -0.4 is 0 Å². The lowest BCUT2D eigenvalue weighted by atomic mass is 10.0. The van der Waals surface area contributed by atoms with E-state index < -0.39 is 0 Å². The highest BCUT2D eigenvalue weighted by molar-refractivity contribution is 4.52. The Hall–Kier alpha value is -0.0400. The summed E-state index contributed by atoms with van der Waals surface area (Å²) in [7, 11) is 1.74. The summed E-state index contributed by atoms with van der Waals surface area (Å²) in [5, 5.41) is 0. The maximum absolute atomic E-state index is 4.92. The molecule has 0 aromatic heterocycles. The molecule has 0 aromatic rings. The summed E-state index contributed by atoms with van der Waals surface area (Å²) in [6.07, 6.45) is 19.6. The maximum atomic E-state index is 4.92. The second kappa shape index (κ2) is 17.0. The van der Waals surface area contributed by atoms with Crippen molar-refractivity contribution in [2.45, 2.75) is 96.8 Å². The molecule has 0 unspecified atom stereocenters. The topological polar surface area (TPSA) is 9.23 Å². The van der Waals surface area contributed by atoms with Crippen LogP contribution in [0.4, 0.5) is 0 Å². The van der Waals surface area contributed by atoms with E-state index in [2.05, 4.69) is 6.92 Å². The standard InChI is InChI=1S/C17H35O/c1-3-4-5-6-7-8-9-10-11-12-13-14-15-16-17-18-2/h17H,3-16H2,1-2H3. The summed E-state index contributed by atoms with van der Waals surface area (Å²) in [6, 6.07) is 0. The van der Waals surface area contributed by atoms with Crippen LogP contribution in [0.25, 0.3) is 0 Å². The minimum atomic E-state index is 1.12. The maximum Gasteiger partial charge on any atom is 0.0832 e. The third-order valence-corrected chi connectivity index (χ3v) is 3.59. The molecule has 0 heterocycles. The molecular formula is C17H35O. The van der Waals surface area contributed by atoms with Gasteiger partial charge in [-0.2, -0.15) is 0 Å². The molecule has 0 atom stereocenters. The predicted octanol–water partition coefficient (Wildman–Crippen LogP) is 6.28. The summed E-state index contributed by atoms with van der Waals surface area (Å²) in [6.45, 7) is 4.20.